The number of imidazole rings is 1. The third kappa shape index (κ3) is 2.35. The number of aromatic nitrogens is 2. The van der Waals surface area contributed by atoms with Gasteiger partial charge in [-0.25, -0.2) is 4.98 Å². The minimum Gasteiger partial charge on any atom is -0.454 e. The van der Waals surface area contributed by atoms with Crippen molar-refractivity contribution in [2.24, 2.45) is 0 Å². The molecule has 3 heterocycles. The van der Waals surface area contributed by atoms with Crippen LogP contribution in [0, 0.1) is 0 Å². The van der Waals surface area contributed by atoms with Crippen molar-refractivity contribution in [3.8, 4) is 22.8 Å². The van der Waals surface area contributed by atoms with E-state index >= 15 is 0 Å². The maximum atomic E-state index is 12.9. The van der Waals surface area contributed by atoms with Crippen LogP contribution >= 0.6 is 23.2 Å². The number of ether oxygens (including phenoxy) is 2. The fraction of sp³-hybridized carbons (Fsp3) is 0.133. The van der Waals surface area contributed by atoms with E-state index in [4.69, 9.17) is 32.7 Å². The standard InChI is InChI=1S/C15H7Cl2F3N2O2/c16-9-4-8(15(18,19)20)5-22-13(17)12(21-14(9)22)7-1-2-10-11(3-7)24-6-23-10/h1-5H,6H2. The zero-order valence-electron chi connectivity index (χ0n) is 11.7. The molecule has 3 aromatic rings. The first-order chi connectivity index (χ1) is 11.3. The zero-order valence-corrected chi connectivity index (χ0v) is 13.2. The van der Waals surface area contributed by atoms with Gasteiger partial charge in [-0.05, 0) is 24.3 Å². The van der Waals surface area contributed by atoms with Crippen molar-refractivity contribution in [2.75, 3.05) is 6.79 Å². The Bertz CT molecular complexity index is 969. The van der Waals surface area contributed by atoms with E-state index < -0.39 is 11.7 Å². The summed E-state index contributed by atoms with van der Waals surface area (Å²) in [5.74, 6) is 1.10. The third-order valence-corrected chi connectivity index (χ3v) is 4.23. The smallest absolute Gasteiger partial charge is 0.417 e. The van der Waals surface area contributed by atoms with Crippen LogP contribution in [0.25, 0.3) is 16.9 Å². The number of nitrogens with zero attached hydrogens (tertiary/aromatic N) is 2. The van der Waals surface area contributed by atoms with Crippen molar-refractivity contribution >= 4 is 28.8 Å². The Kier molecular flexibility index (Phi) is 3.33. The molecule has 0 unspecified atom stereocenters. The Labute approximate surface area is 143 Å². The van der Waals surface area contributed by atoms with Crippen molar-refractivity contribution in [2.45, 2.75) is 6.18 Å². The lowest BCUT2D eigenvalue weighted by atomic mass is 10.1. The fourth-order valence-electron chi connectivity index (χ4n) is 2.46. The van der Waals surface area contributed by atoms with E-state index in [1.807, 2.05) is 0 Å². The van der Waals surface area contributed by atoms with Crippen molar-refractivity contribution in [3.63, 3.8) is 0 Å². The number of halogens is 5. The molecular weight excluding hydrogens is 368 g/mol. The number of hydrogen-bond donors (Lipinski definition) is 0. The number of alkyl halides is 3. The number of fused-ring (bicyclic) bond motifs is 2. The number of rotatable bonds is 1. The molecule has 0 spiro atoms. The van der Waals surface area contributed by atoms with Gasteiger partial charge in [0.2, 0.25) is 6.79 Å². The summed E-state index contributed by atoms with van der Waals surface area (Å²) >= 11 is 12.2. The molecule has 4 rings (SSSR count). The molecule has 0 atom stereocenters. The molecule has 0 bridgehead atoms. The fourth-order valence-corrected chi connectivity index (χ4v) is 2.99. The zero-order chi connectivity index (χ0) is 17.1. The second kappa shape index (κ2) is 5.19. The maximum Gasteiger partial charge on any atom is 0.417 e. The second-order valence-corrected chi connectivity index (χ2v) is 5.85. The highest BCUT2D eigenvalue weighted by atomic mass is 35.5. The van der Waals surface area contributed by atoms with E-state index in [1.165, 1.54) is 0 Å². The Morgan fingerprint density at radius 1 is 1.08 bits per heavy atom. The van der Waals surface area contributed by atoms with Crippen LogP contribution < -0.4 is 9.47 Å². The van der Waals surface area contributed by atoms with Crippen LogP contribution in [0.2, 0.25) is 10.2 Å². The first-order valence-electron chi connectivity index (χ1n) is 6.69. The van der Waals surface area contributed by atoms with Gasteiger partial charge in [-0.15, -0.1) is 0 Å². The molecule has 0 saturated carbocycles. The van der Waals surface area contributed by atoms with Gasteiger partial charge in [0.25, 0.3) is 0 Å². The summed E-state index contributed by atoms with van der Waals surface area (Å²) in [5, 5.41) is -0.115. The molecule has 2 aromatic heterocycles. The molecule has 1 aromatic carbocycles. The van der Waals surface area contributed by atoms with Gasteiger partial charge < -0.3 is 9.47 Å². The van der Waals surface area contributed by atoms with Crippen LogP contribution in [0.3, 0.4) is 0 Å². The molecular formula is C15H7Cl2F3N2O2. The van der Waals surface area contributed by atoms with Gasteiger partial charge in [0, 0.05) is 11.8 Å². The van der Waals surface area contributed by atoms with Gasteiger partial charge in [-0.1, -0.05) is 23.2 Å². The van der Waals surface area contributed by atoms with Gasteiger partial charge in [0.05, 0.1) is 10.6 Å². The van der Waals surface area contributed by atoms with Crippen molar-refractivity contribution in [1.82, 2.24) is 9.38 Å². The lowest BCUT2D eigenvalue weighted by Crippen LogP contribution is -2.06. The lowest BCUT2D eigenvalue weighted by molar-refractivity contribution is -0.137. The summed E-state index contributed by atoms with van der Waals surface area (Å²) in [4.78, 5) is 4.27. The van der Waals surface area contributed by atoms with Crippen LogP contribution in [0.15, 0.2) is 30.5 Å². The number of pyridine rings is 1. The minimum atomic E-state index is -4.54. The number of benzene rings is 1. The van der Waals surface area contributed by atoms with Crippen LogP contribution in [0.1, 0.15) is 5.56 Å². The Morgan fingerprint density at radius 3 is 2.58 bits per heavy atom. The van der Waals surface area contributed by atoms with Gasteiger partial charge >= 0.3 is 6.18 Å². The highest BCUT2D eigenvalue weighted by Crippen LogP contribution is 2.39. The minimum absolute atomic E-state index is 0.0249. The van der Waals surface area contributed by atoms with Crippen molar-refractivity contribution in [1.29, 1.82) is 0 Å². The second-order valence-electron chi connectivity index (χ2n) is 5.09. The summed E-state index contributed by atoms with van der Waals surface area (Å²) in [6.45, 7) is 0.110. The van der Waals surface area contributed by atoms with Crippen molar-refractivity contribution in [3.05, 3.63) is 46.2 Å². The van der Waals surface area contributed by atoms with Gasteiger partial charge in [-0.2, -0.15) is 13.2 Å². The molecule has 0 amide bonds. The quantitative estimate of drug-likeness (QED) is 0.597. The maximum absolute atomic E-state index is 12.9. The predicted molar refractivity (Wildman–Crippen MR) is 81.8 cm³/mol. The summed E-state index contributed by atoms with van der Waals surface area (Å²) < 4.78 is 50.5. The normalized spacial score (nSPS) is 13.7. The molecule has 4 nitrogen and oxygen atoms in total. The van der Waals surface area contributed by atoms with Crippen molar-refractivity contribution < 1.29 is 22.6 Å². The summed E-state index contributed by atoms with van der Waals surface area (Å²) in [6.07, 6.45) is -3.67. The summed E-state index contributed by atoms with van der Waals surface area (Å²) in [7, 11) is 0. The number of hydrogen-bond acceptors (Lipinski definition) is 3. The van der Waals surface area contributed by atoms with Crippen LogP contribution in [0.4, 0.5) is 13.2 Å². The lowest BCUT2D eigenvalue weighted by Gasteiger charge is -2.08. The molecule has 9 heteroatoms. The van der Waals surface area contributed by atoms with E-state index in [0.717, 1.165) is 16.7 Å². The molecule has 0 aliphatic carbocycles. The van der Waals surface area contributed by atoms with Crippen LogP contribution in [0.5, 0.6) is 11.5 Å². The first-order valence-corrected chi connectivity index (χ1v) is 7.44. The summed E-state index contributed by atoms with van der Waals surface area (Å²) in [5.41, 5.74) is 0.118. The molecule has 0 fully saturated rings. The third-order valence-electron chi connectivity index (χ3n) is 3.59. The average molecular weight is 375 g/mol. The van der Waals surface area contributed by atoms with E-state index in [-0.39, 0.29) is 22.6 Å². The molecule has 24 heavy (non-hydrogen) atoms. The van der Waals surface area contributed by atoms with E-state index in [2.05, 4.69) is 4.98 Å². The van der Waals surface area contributed by atoms with E-state index in [9.17, 15) is 13.2 Å². The van der Waals surface area contributed by atoms with Crippen LogP contribution in [-0.4, -0.2) is 16.2 Å². The summed E-state index contributed by atoms with van der Waals surface area (Å²) in [6, 6.07) is 5.86. The first kappa shape index (κ1) is 15.4. The molecule has 1 aliphatic heterocycles. The highest BCUT2D eigenvalue weighted by molar-refractivity contribution is 6.35. The van der Waals surface area contributed by atoms with Gasteiger partial charge in [0.1, 0.15) is 10.8 Å². The molecule has 124 valence electrons. The largest absolute Gasteiger partial charge is 0.454 e. The van der Waals surface area contributed by atoms with E-state index in [0.29, 0.717) is 22.8 Å². The topological polar surface area (TPSA) is 35.8 Å². The Morgan fingerprint density at radius 2 is 1.83 bits per heavy atom. The molecule has 0 radical (unpaired) electrons. The highest BCUT2D eigenvalue weighted by Gasteiger charge is 2.32. The van der Waals surface area contributed by atoms with Crippen LogP contribution in [-0.2, 0) is 6.18 Å². The Hall–Kier alpha value is -2.12. The average Bonchev–Trinajstić information content (AvgIpc) is 3.11. The van der Waals surface area contributed by atoms with E-state index in [1.54, 1.807) is 18.2 Å². The Balaban J connectivity index is 1.91. The molecule has 0 saturated heterocycles. The van der Waals surface area contributed by atoms with Gasteiger partial charge in [0.15, 0.2) is 17.1 Å². The SMILES string of the molecule is FC(F)(F)c1cc(Cl)c2nc(-c3ccc4c(c3)OCO4)c(Cl)n2c1. The monoisotopic (exact) mass is 374 g/mol. The predicted octanol–water partition coefficient (Wildman–Crippen LogP) is 5.06. The molecule has 1 aliphatic rings. The molecule has 0 N–H and O–H groups in total. The van der Waals surface area contributed by atoms with Gasteiger partial charge in [-0.3, -0.25) is 4.40 Å².